The zero-order valence-corrected chi connectivity index (χ0v) is 12.4. The molecule has 5 heteroatoms. The van der Waals surface area contributed by atoms with Gasteiger partial charge in [-0.05, 0) is 24.6 Å². The third kappa shape index (κ3) is 3.40. The van der Waals surface area contributed by atoms with Gasteiger partial charge in [-0.1, -0.05) is 29.3 Å². The smallest absolute Gasteiger partial charge is 0.110 e. The maximum Gasteiger partial charge on any atom is 0.110 e. The molecule has 19 heavy (non-hydrogen) atoms. The summed E-state index contributed by atoms with van der Waals surface area (Å²) in [6, 6.07) is 8.02. The van der Waals surface area contributed by atoms with Gasteiger partial charge in [-0.25, -0.2) is 0 Å². The quantitative estimate of drug-likeness (QED) is 0.932. The van der Waals surface area contributed by atoms with E-state index < -0.39 is 5.54 Å². The molecule has 3 nitrogen and oxygen atoms in total. The predicted molar refractivity (Wildman–Crippen MR) is 78.6 cm³/mol. The van der Waals surface area contributed by atoms with E-state index in [1.54, 1.807) is 6.07 Å². The minimum atomic E-state index is -0.501. The summed E-state index contributed by atoms with van der Waals surface area (Å²) in [6.07, 6.45) is 0.653. The molecule has 1 unspecified atom stereocenters. The highest BCUT2D eigenvalue weighted by Gasteiger charge is 2.32. The van der Waals surface area contributed by atoms with Crippen molar-refractivity contribution in [2.24, 2.45) is 0 Å². The van der Waals surface area contributed by atoms with Crippen molar-refractivity contribution in [2.45, 2.75) is 18.9 Å². The summed E-state index contributed by atoms with van der Waals surface area (Å²) < 4.78 is 0. The van der Waals surface area contributed by atoms with Crippen molar-refractivity contribution in [3.63, 3.8) is 0 Å². The van der Waals surface area contributed by atoms with Crippen molar-refractivity contribution in [3.8, 4) is 6.07 Å². The first-order valence-corrected chi connectivity index (χ1v) is 7.12. The summed E-state index contributed by atoms with van der Waals surface area (Å²) in [5, 5.41) is 13.9. The number of halogens is 2. The van der Waals surface area contributed by atoms with Crippen LogP contribution in [0.25, 0.3) is 0 Å². The van der Waals surface area contributed by atoms with Crippen LogP contribution in [0.3, 0.4) is 0 Å². The molecule has 0 aromatic heterocycles. The molecule has 0 aliphatic carbocycles. The van der Waals surface area contributed by atoms with E-state index >= 15 is 0 Å². The van der Waals surface area contributed by atoms with E-state index in [0.29, 0.717) is 16.5 Å². The summed E-state index contributed by atoms with van der Waals surface area (Å²) >= 11 is 12.0. The fraction of sp³-hybridized carbons (Fsp3) is 0.500. The Balaban J connectivity index is 2.17. The van der Waals surface area contributed by atoms with Crippen LogP contribution in [-0.2, 0) is 6.42 Å². The van der Waals surface area contributed by atoms with Crippen LogP contribution in [0.2, 0.25) is 10.0 Å². The third-order valence-corrected chi connectivity index (χ3v) is 4.33. The van der Waals surface area contributed by atoms with Gasteiger partial charge in [0.15, 0.2) is 0 Å². The SMILES string of the molecule is CC(C#N)(Cc1ccc(Cl)c(Cl)c1)N1CCNCC1. The highest BCUT2D eigenvalue weighted by Crippen LogP contribution is 2.26. The summed E-state index contributed by atoms with van der Waals surface area (Å²) in [7, 11) is 0. The molecule has 1 atom stereocenters. The second-order valence-corrected chi connectivity index (χ2v) is 5.86. The van der Waals surface area contributed by atoms with Crippen LogP contribution in [-0.4, -0.2) is 36.6 Å². The van der Waals surface area contributed by atoms with Crippen molar-refractivity contribution in [3.05, 3.63) is 33.8 Å². The molecule has 1 N–H and O–H groups in total. The Hall–Kier alpha value is -0.790. The molecule has 1 saturated heterocycles. The first kappa shape index (κ1) is 14.6. The van der Waals surface area contributed by atoms with Gasteiger partial charge >= 0.3 is 0 Å². The number of rotatable bonds is 3. The van der Waals surface area contributed by atoms with Crippen molar-refractivity contribution >= 4 is 23.2 Å². The zero-order chi connectivity index (χ0) is 13.9. The Kier molecular flexibility index (Phi) is 4.70. The summed E-state index contributed by atoms with van der Waals surface area (Å²) in [5.41, 5.74) is 0.538. The van der Waals surface area contributed by atoms with Crippen LogP contribution in [0.4, 0.5) is 0 Å². The van der Waals surface area contributed by atoms with Gasteiger partial charge in [-0.3, -0.25) is 4.90 Å². The predicted octanol–water partition coefficient (Wildman–Crippen LogP) is 2.72. The molecule has 0 bridgehead atoms. The summed E-state index contributed by atoms with van der Waals surface area (Å²) in [5.74, 6) is 0. The van der Waals surface area contributed by atoms with Crippen molar-refractivity contribution in [1.29, 1.82) is 5.26 Å². The molecule has 102 valence electrons. The van der Waals surface area contributed by atoms with Crippen molar-refractivity contribution < 1.29 is 0 Å². The van der Waals surface area contributed by atoms with E-state index in [1.807, 2.05) is 19.1 Å². The van der Waals surface area contributed by atoms with Crippen LogP contribution in [0.15, 0.2) is 18.2 Å². The highest BCUT2D eigenvalue weighted by molar-refractivity contribution is 6.42. The molecular weight excluding hydrogens is 281 g/mol. The number of hydrogen-bond acceptors (Lipinski definition) is 3. The molecule has 0 spiro atoms. The van der Waals surface area contributed by atoms with Gasteiger partial charge in [0.25, 0.3) is 0 Å². The second-order valence-electron chi connectivity index (χ2n) is 5.05. The first-order valence-electron chi connectivity index (χ1n) is 6.36. The van der Waals surface area contributed by atoms with E-state index in [1.165, 1.54) is 0 Å². The lowest BCUT2D eigenvalue weighted by Gasteiger charge is -2.39. The van der Waals surface area contributed by atoms with E-state index in [-0.39, 0.29) is 0 Å². The van der Waals surface area contributed by atoms with Gasteiger partial charge in [-0.2, -0.15) is 5.26 Å². The van der Waals surface area contributed by atoms with Crippen LogP contribution < -0.4 is 5.32 Å². The van der Waals surface area contributed by atoms with Gasteiger partial charge in [-0.15, -0.1) is 0 Å². The monoisotopic (exact) mass is 297 g/mol. The lowest BCUT2D eigenvalue weighted by atomic mass is 9.91. The molecule has 2 rings (SSSR count). The Bertz CT molecular complexity index is 492. The molecule has 1 aromatic rings. The van der Waals surface area contributed by atoms with Gasteiger partial charge in [0.2, 0.25) is 0 Å². The normalized spacial score (nSPS) is 19.7. The van der Waals surface area contributed by atoms with Gasteiger partial charge in [0.05, 0.1) is 16.1 Å². The van der Waals surface area contributed by atoms with Gasteiger partial charge < -0.3 is 5.32 Å². The van der Waals surface area contributed by atoms with E-state index in [0.717, 1.165) is 31.7 Å². The van der Waals surface area contributed by atoms with E-state index in [9.17, 15) is 5.26 Å². The molecule has 0 saturated carbocycles. The first-order chi connectivity index (χ1) is 9.05. The average Bonchev–Trinajstić information content (AvgIpc) is 2.44. The lowest BCUT2D eigenvalue weighted by molar-refractivity contribution is 0.132. The van der Waals surface area contributed by atoms with Crippen LogP contribution in [0.5, 0.6) is 0 Å². The largest absolute Gasteiger partial charge is 0.314 e. The third-order valence-electron chi connectivity index (χ3n) is 3.59. The Morgan fingerprint density at radius 1 is 1.32 bits per heavy atom. The number of nitrogens with zero attached hydrogens (tertiary/aromatic N) is 2. The molecule has 1 heterocycles. The van der Waals surface area contributed by atoms with Crippen molar-refractivity contribution in [2.75, 3.05) is 26.2 Å². The number of nitrogens with one attached hydrogen (secondary N) is 1. The minimum absolute atomic E-state index is 0.501. The number of piperazine rings is 1. The van der Waals surface area contributed by atoms with E-state index in [2.05, 4.69) is 16.3 Å². The molecule has 1 fully saturated rings. The average molecular weight is 298 g/mol. The molecule has 1 aromatic carbocycles. The highest BCUT2D eigenvalue weighted by atomic mass is 35.5. The van der Waals surface area contributed by atoms with Gasteiger partial charge in [0, 0.05) is 32.6 Å². The fourth-order valence-corrected chi connectivity index (χ4v) is 2.75. The molecule has 0 radical (unpaired) electrons. The number of nitriles is 1. The lowest BCUT2D eigenvalue weighted by Crippen LogP contribution is -2.55. The molecule has 1 aliphatic rings. The number of hydrogen-bond donors (Lipinski definition) is 1. The maximum absolute atomic E-state index is 9.55. The van der Waals surface area contributed by atoms with Crippen LogP contribution >= 0.6 is 23.2 Å². The van der Waals surface area contributed by atoms with Crippen LogP contribution in [0, 0.1) is 11.3 Å². The minimum Gasteiger partial charge on any atom is -0.314 e. The number of benzene rings is 1. The zero-order valence-electron chi connectivity index (χ0n) is 10.9. The molecule has 1 aliphatic heterocycles. The van der Waals surface area contributed by atoms with Crippen molar-refractivity contribution in [1.82, 2.24) is 10.2 Å². The maximum atomic E-state index is 9.55. The summed E-state index contributed by atoms with van der Waals surface area (Å²) in [4.78, 5) is 2.23. The van der Waals surface area contributed by atoms with Crippen LogP contribution in [0.1, 0.15) is 12.5 Å². The fourth-order valence-electron chi connectivity index (χ4n) is 2.43. The second kappa shape index (κ2) is 6.11. The molecule has 0 amide bonds. The Morgan fingerprint density at radius 3 is 2.58 bits per heavy atom. The van der Waals surface area contributed by atoms with E-state index in [4.69, 9.17) is 23.2 Å². The van der Waals surface area contributed by atoms with Gasteiger partial charge in [0.1, 0.15) is 5.54 Å². The summed E-state index contributed by atoms with van der Waals surface area (Å²) in [6.45, 7) is 5.63. The topological polar surface area (TPSA) is 39.1 Å². The Labute approximate surface area is 124 Å². The Morgan fingerprint density at radius 2 is 2.00 bits per heavy atom. The molecular formula is C14H17Cl2N3. The standard InChI is InChI=1S/C14H17Cl2N3/c1-14(10-17,19-6-4-18-5-7-19)9-11-2-3-12(15)13(16)8-11/h2-3,8,18H,4-7,9H2,1H3.